The van der Waals surface area contributed by atoms with Gasteiger partial charge in [0.15, 0.2) is 0 Å². The van der Waals surface area contributed by atoms with Crippen molar-refractivity contribution in [2.24, 2.45) is 23.3 Å². The van der Waals surface area contributed by atoms with Crippen molar-refractivity contribution in [3.8, 4) is 0 Å². The Morgan fingerprint density at radius 1 is 0.592 bits per heavy atom. The molecule has 0 unspecified atom stereocenters. The van der Waals surface area contributed by atoms with Gasteiger partial charge in [-0.05, 0) is 62.4 Å². The minimum Gasteiger partial charge on any atom is -0.481 e. The highest BCUT2D eigenvalue weighted by Gasteiger charge is 2.43. The van der Waals surface area contributed by atoms with E-state index < -0.39 is 175 Å². The highest BCUT2D eigenvalue weighted by molar-refractivity contribution is 7.98. The summed E-state index contributed by atoms with van der Waals surface area (Å²) in [4.78, 5) is 170. The van der Waals surface area contributed by atoms with Crippen LogP contribution in [0.3, 0.4) is 0 Å². The van der Waals surface area contributed by atoms with Crippen LogP contribution in [0.2, 0.25) is 0 Å². The van der Waals surface area contributed by atoms with E-state index in [2.05, 4.69) is 31.9 Å². The number of primary amides is 1. The number of carbonyl (C=O) groups excluding carboxylic acids is 9. The van der Waals surface area contributed by atoms with Crippen LogP contribution in [-0.4, -0.2) is 187 Å². The fraction of sp³-hybridized carbons (Fsp3) is 0.698. The van der Waals surface area contributed by atoms with Gasteiger partial charge in [-0.25, -0.2) is 4.79 Å². The zero-order chi connectivity index (χ0) is 53.9. The Morgan fingerprint density at radius 3 is 1.51 bits per heavy atom. The summed E-state index contributed by atoms with van der Waals surface area (Å²) in [5.41, 5.74) is 11.3. The second-order valence-corrected chi connectivity index (χ2v) is 18.7. The SMILES string of the molecule is CC[C@H](C)[C@H](NC(=O)[C@H](CC(N)=O)NC(=O)[C@@H]1CCCN1C(=O)[C@H](CC(=O)O)NC(=O)[C@@H](NC(=O)[C@@H]1CCCN1C(=O)[C@H](CC(=O)O)NC(=O)[C@@H](N)CCSC)C(C)C)C(=O)N[C@@H](CCC(=O)O)C(=O)O. The number of carboxylic acid groups (broad SMARTS) is 4. The molecule has 2 heterocycles. The highest BCUT2D eigenvalue weighted by Crippen LogP contribution is 2.22. The van der Waals surface area contributed by atoms with Gasteiger partial charge in [-0.2, -0.15) is 11.8 Å². The first-order chi connectivity index (χ1) is 33.2. The first-order valence-corrected chi connectivity index (χ1v) is 24.5. The molecule has 0 bridgehead atoms. The lowest BCUT2D eigenvalue weighted by Gasteiger charge is -2.32. The van der Waals surface area contributed by atoms with Crippen molar-refractivity contribution in [3.05, 3.63) is 0 Å². The maximum Gasteiger partial charge on any atom is 0.326 e. The van der Waals surface area contributed by atoms with Gasteiger partial charge in [0.1, 0.15) is 48.3 Å². The maximum atomic E-state index is 14.1. The molecule has 9 amide bonds. The Hall–Kier alpha value is -6.58. The number of hydrogen-bond acceptors (Lipinski definition) is 15. The standard InChI is InChI=1S/C43H68N10O17S/c1-6-21(4)34(40(66)46-23(43(69)70)11-12-30(55)56)51-36(62)24(17-29(45)54)47-37(63)27-9-7-14-52(27)42(68)26(19-32(59)60)49-39(65)33(20(2)3)50-38(64)28-10-8-15-53(28)41(67)25(18-31(57)58)48-35(61)22(44)13-16-71-5/h20-28,33-34H,6-19,44H2,1-5H3,(H2,45,54)(H,46,66)(H,47,63)(H,48,61)(H,49,65)(H,50,64)(H,51,62)(H,55,56)(H,57,58)(H,59,60)(H,69,70)/t21-,22-,23-,24-,25-,26-,27-,28-,33-,34-/m0/s1. The van der Waals surface area contributed by atoms with Crippen molar-refractivity contribution in [2.45, 2.75) is 153 Å². The molecule has 71 heavy (non-hydrogen) atoms. The lowest BCUT2D eigenvalue weighted by Crippen LogP contribution is -2.61. The molecule has 27 nitrogen and oxygen atoms in total. The van der Waals surface area contributed by atoms with Crippen LogP contribution < -0.4 is 43.4 Å². The number of carboxylic acids is 4. The first-order valence-electron chi connectivity index (χ1n) is 23.1. The van der Waals surface area contributed by atoms with Gasteiger partial charge in [-0.3, -0.25) is 57.5 Å². The number of nitrogens with two attached hydrogens (primary N) is 2. The summed E-state index contributed by atoms with van der Waals surface area (Å²) in [6, 6.07) is -13.4. The predicted molar refractivity (Wildman–Crippen MR) is 249 cm³/mol. The van der Waals surface area contributed by atoms with Crippen LogP contribution in [-0.2, 0) is 62.3 Å². The molecule has 0 spiro atoms. The number of hydrogen-bond donors (Lipinski definition) is 12. The van der Waals surface area contributed by atoms with Gasteiger partial charge in [0, 0.05) is 19.5 Å². The lowest BCUT2D eigenvalue weighted by molar-refractivity contribution is -0.147. The molecule has 0 aliphatic carbocycles. The van der Waals surface area contributed by atoms with Crippen molar-refractivity contribution in [3.63, 3.8) is 0 Å². The fourth-order valence-corrected chi connectivity index (χ4v) is 8.37. The third-order valence-corrected chi connectivity index (χ3v) is 12.6. The molecule has 10 atom stereocenters. The zero-order valence-electron chi connectivity index (χ0n) is 40.3. The molecule has 0 saturated carbocycles. The summed E-state index contributed by atoms with van der Waals surface area (Å²) in [5.74, 6) is -15.4. The second-order valence-electron chi connectivity index (χ2n) is 17.8. The van der Waals surface area contributed by atoms with E-state index in [9.17, 15) is 77.6 Å². The predicted octanol–water partition coefficient (Wildman–Crippen LogP) is -3.57. The fourth-order valence-electron chi connectivity index (χ4n) is 7.88. The Morgan fingerprint density at radius 2 is 1.07 bits per heavy atom. The Bertz CT molecular complexity index is 2010. The number of nitrogens with one attached hydrogen (secondary N) is 6. The number of aliphatic carboxylic acids is 4. The van der Waals surface area contributed by atoms with Crippen LogP contribution in [0.1, 0.15) is 98.3 Å². The van der Waals surface area contributed by atoms with Crippen LogP contribution >= 0.6 is 11.8 Å². The van der Waals surface area contributed by atoms with Crippen molar-refractivity contribution in [2.75, 3.05) is 25.1 Å². The van der Waals surface area contributed by atoms with Crippen LogP contribution in [0.15, 0.2) is 0 Å². The lowest BCUT2D eigenvalue weighted by atomic mass is 9.97. The maximum absolute atomic E-state index is 14.1. The Labute approximate surface area is 413 Å². The number of nitrogens with zero attached hydrogens (tertiary/aromatic N) is 2. The van der Waals surface area contributed by atoms with E-state index in [0.29, 0.717) is 12.2 Å². The Balaban J connectivity index is 2.31. The highest BCUT2D eigenvalue weighted by atomic mass is 32.2. The number of rotatable bonds is 30. The topological polar surface area (TPSA) is 434 Å². The van der Waals surface area contributed by atoms with E-state index >= 15 is 0 Å². The molecular weight excluding hydrogens is 961 g/mol. The monoisotopic (exact) mass is 1030 g/mol. The summed E-state index contributed by atoms with van der Waals surface area (Å²) in [7, 11) is 0. The third-order valence-electron chi connectivity index (χ3n) is 12.0. The summed E-state index contributed by atoms with van der Waals surface area (Å²) < 4.78 is 0. The second kappa shape index (κ2) is 28.9. The normalized spacial score (nSPS) is 18.8. The van der Waals surface area contributed by atoms with E-state index in [1.807, 2.05) is 0 Å². The van der Waals surface area contributed by atoms with Gasteiger partial charge < -0.3 is 73.6 Å². The molecule has 0 radical (unpaired) electrons. The van der Waals surface area contributed by atoms with E-state index in [4.69, 9.17) is 16.6 Å². The van der Waals surface area contributed by atoms with E-state index in [1.54, 1.807) is 13.2 Å². The molecular formula is C43H68N10O17S. The minimum atomic E-state index is -1.83. The van der Waals surface area contributed by atoms with Crippen LogP contribution in [0.4, 0.5) is 0 Å². The van der Waals surface area contributed by atoms with E-state index in [0.717, 1.165) is 9.80 Å². The molecule has 2 aliphatic rings. The van der Waals surface area contributed by atoms with Crippen LogP contribution in [0, 0.1) is 11.8 Å². The molecule has 2 fully saturated rings. The number of likely N-dealkylation sites (tertiary alicyclic amines) is 2. The molecule has 398 valence electrons. The average Bonchev–Trinajstić information content (AvgIpc) is 3.99. The molecule has 28 heteroatoms. The molecule has 2 rings (SSSR count). The number of carbonyl (C=O) groups is 13. The van der Waals surface area contributed by atoms with Gasteiger partial charge >= 0.3 is 23.9 Å². The van der Waals surface area contributed by atoms with Crippen LogP contribution in [0.25, 0.3) is 0 Å². The molecule has 14 N–H and O–H groups in total. The molecule has 0 aromatic heterocycles. The smallest absolute Gasteiger partial charge is 0.326 e. The summed E-state index contributed by atoms with van der Waals surface area (Å²) >= 11 is 1.43. The number of thioether (sulfide) groups is 1. The zero-order valence-corrected chi connectivity index (χ0v) is 41.1. The quantitative estimate of drug-likeness (QED) is 0.0331. The third kappa shape index (κ3) is 18.9. The average molecular weight is 1030 g/mol. The number of amides is 9. The summed E-state index contributed by atoms with van der Waals surface area (Å²) in [6.45, 7) is 6.10. The summed E-state index contributed by atoms with van der Waals surface area (Å²) in [5, 5.41) is 52.1. The van der Waals surface area contributed by atoms with Gasteiger partial charge in [0.2, 0.25) is 53.2 Å². The molecule has 0 aromatic carbocycles. The molecule has 0 aromatic rings. The van der Waals surface area contributed by atoms with E-state index in [-0.39, 0.29) is 45.2 Å². The minimum absolute atomic E-state index is 0.00398. The molecule has 2 aliphatic heterocycles. The van der Waals surface area contributed by atoms with Gasteiger partial charge in [-0.15, -0.1) is 0 Å². The molecule has 2 saturated heterocycles. The summed E-state index contributed by atoms with van der Waals surface area (Å²) in [6.07, 6.45) is -0.911. The van der Waals surface area contributed by atoms with Crippen molar-refractivity contribution in [1.82, 2.24) is 41.7 Å². The van der Waals surface area contributed by atoms with Gasteiger partial charge in [0.25, 0.3) is 0 Å². The largest absolute Gasteiger partial charge is 0.481 e. The van der Waals surface area contributed by atoms with Crippen molar-refractivity contribution in [1.29, 1.82) is 0 Å². The van der Waals surface area contributed by atoms with Crippen molar-refractivity contribution < 1.29 is 82.8 Å². The van der Waals surface area contributed by atoms with E-state index in [1.165, 1.54) is 32.5 Å². The van der Waals surface area contributed by atoms with Crippen molar-refractivity contribution >= 4 is 88.8 Å². The van der Waals surface area contributed by atoms with Gasteiger partial charge in [0.05, 0.1) is 25.3 Å². The van der Waals surface area contributed by atoms with Crippen LogP contribution in [0.5, 0.6) is 0 Å². The first kappa shape index (κ1) is 60.5. The Kier molecular flexibility index (Phi) is 24.7. The van der Waals surface area contributed by atoms with Gasteiger partial charge in [-0.1, -0.05) is 34.1 Å².